The average molecular weight is 842 g/mol. The standard InChI is InChI=1S/C59H35N7/c60-36-48-58(65-51-30-16-12-26-42(51)46-32-53-44(34-55(46)65)40-24-10-14-28-49(40)63(53)38-20-6-2-7-21-38)61-57(37-18-4-1-5-19-37)62-59(48)66-52-31-17-13-27-43(52)47-33-54-45(35-56(47)66)41-25-11-15-29-50(41)64(54)39-22-8-3-9-23-39/h1-35H. The molecule has 0 unspecified atom stereocenters. The Labute approximate surface area is 377 Å². The molecule has 66 heavy (non-hydrogen) atoms. The second-order valence-electron chi connectivity index (χ2n) is 16.9. The van der Waals surface area contributed by atoms with E-state index in [4.69, 9.17) is 9.97 Å². The van der Waals surface area contributed by atoms with E-state index in [0.717, 1.165) is 104 Å². The Balaban J connectivity index is 1.12. The summed E-state index contributed by atoms with van der Waals surface area (Å²) in [7, 11) is 0. The van der Waals surface area contributed by atoms with Gasteiger partial charge in [0.1, 0.15) is 11.6 Å². The van der Waals surface area contributed by atoms with Crippen molar-refractivity contribution in [2.24, 2.45) is 0 Å². The maximum Gasteiger partial charge on any atom is 0.164 e. The van der Waals surface area contributed by atoms with Crippen LogP contribution in [0.5, 0.6) is 0 Å². The van der Waals surface area contributed by atoms with E-state index in [0.29, 0.717) is 23.0 Å². The van der Waals surface area contributed by atoms with Crippen LogP contribution in [0.1, 0.15) is 5.56 Å². The SMILES string of the molecule is N#Cc1c(-n2c3ccccc3c3cc4c(cc32)c2ccccc2n4-c2ccccc2)nc(-c2ccccc2)nc1-n1c2ccccc2c2cc3c(cc21)c1ccccc1n3-c1ccccc1. The minimum absolute atomic E-state index is 0.374. The molecule has 306 valence electrons. The highest BCUT2D eigenvalue weighted by molar-refractivity contribution is 6.20. The quantitative estimate of drug-likeness (QED) is 0.173. The van der Waals surface area contributed by atoms with Crippen LogP contribution in [0.3, 0.4) is 0 Å². The summed E-state index contributed by atoms with van der Waals surface area (Å²) >= 11 is 0. The number of aromatic nitrogens is 6. The Morgan fingerprint density at radius 1 is 0.303 bits per heavy atom. The fourth-order valence-corrected chi connectivity index (χ4v) is 10.6. The molecule has 14 aromatic rings. The molecular weight excluding hydrogens is 807 g/mol. The molecule has 0 fully saturated rings. The van der Waals surface area contributed by atoms with E-state index in [9.17, 15) is 5.26 Å². The van der Waals surface area contributed by atoms with Gasteiger partial charge in [-0.2, -0.15) is 5.26 Å². The molecule has 0 N–H and O–H groups in total. The summed E-state index contributed by atoms with van der Waals surface area (Å²) in [6, 6.07) is 77.2. The zero-order chi connectivity index (χ0) is 43.5. The molecule has 7 nitrogen and oxygen atoms in total. The lowest BCUT2D eigenvalue weighted by atomic mass is 10.1. The first kappa shape index (κ1) is 36.3. The third-order valence-corrected chi connectivity index (χ3v) is 13.4. The number of hydrogen-bond acceptors (Lipinski definition) is 3. The molecular formula is C59H35N7. The molecule has 0 saturated carbocycles. The number of benzene rings is 9. The lowest BCUT2D eigenvalue weighted by Gasteiger charge is -2.16. The maximum atomic E-state index is 11.7. The third kappa shape index (κ3) is 5.06. The molecule has 0 atom stereocenters. The number of rotatable bonds is 5. The van der Waals surface area contributed by atoms with Crippen LogP contribution in [-0.4, -0.2) is 28.2 Å². The fourth-order valence-electron chi connectivity index (χ4n) is 10.6. The zero-order valence-electron chi connectivity index (χ0n) is 35.3. The Bertz CT molecular complexity index is 4080. The van der Waals surface area contributed by atoms with Gasteiger partial charge in [-0.05, 0) is 72.8 Å². The molecule has 0 bridgehead atoms. The van der Waals surface area contributed by atoms with Crippen LogP contribution in [0.2, 0.25) is 0 Å². The molecule has 0 radical (unpaired) electrons. The highest BCUT2D eigenvalue weighted by atomic mass is 15.2. The van der Waals surface area contributed by atoms with Gasteiger partial charge in [0.2, 0.25) is 0 Å². The first-order chi connectivity index (χ1) is 32.7. The van der Waals surface area contributed by atoms with Gasteiger partial charge < -0.3 is 9.13 Å². The Morgan fingerprint density at radius 3 is 0.970 bits per heavy atom. The third-order valence-electron chi connectivity index (χ3n) is 13.4. The van der Waals surface area contributed by atoms with Gasteiger partial charge >= 0.3 is 0 Å². The van der Waals surface area contributed by atoms with Crippen LogP contribution < -0.4 is 0 Å². The van der Waals surface area contributed by atoms with E-state index < -0.39 is 0 Å². The van der Waals surface area contributed by atoms with Crippen molar-refractivity contribution in [2.45, 2.75) is 0 Å². The van der Waals surface area contributed by atoms with E-state index in [1.807, 2.05) is 30.3 Å². The maximum absolute atomic E-state index is 11.7. The van der Waals surface area contributed by atoms with Crippen LogP contribution in [0.15, 0.2) is 212 Å². The van der Waals surface area contributed by atoms with E-state index in [1.54, 1.807) is 0 Å². The molecule has 5 heterocycles. The summed E-state index contributed by atoms with van der Waals surface area (Å²) in [4.78, 5) is 10.8. The predicted octanol–water partition coefficient (Wildman–Crippen LogP) is 14.4. The van der Waals surface area contributed by atoms with Crippen LogP contribution >= 0.6 is 0 Å². The summed E-state index contributed by atoms with van der Waals surface area (Å²) in [6.45, 7) is 0. The second kappa shape index (κ2) is 13.9. The minimum atomic E-state index is 0.374. The molecule has 0 aliphatic carbocycles. The van der Waals surface area contributed by atoms with Gasteiger partial charge in [-0.3, -0.25) is 9.13 Å². The van der Waals surface area contributed by atoms with Crippen molar-refractivity contribution in [3.05, 3.63) is 218 Å². The molecule has 0 saturated heterocycles. The first-order valence-corrected chi connectivity index (χ1v) is 22.2. The molecule has 0 spiro atoms. The van der Waals surface area contributed by atoms with E-state index in [1.165, 1.54) is 0 Å². The highest BCUT2D eigenvalue weighted by Crippen LogP contribution is 2.43. The lowest BCUT2D eigenvalue weighted by molar-refractivity contribution is 0.982. The van der Waals surface area contributed by atoms with Gasteiger partial charge in [-0.15, -0.1) is 0 Å². The Kier molecular flexibility index (Phi) is 7.62. The number of nitrogens with zero attached hydrogens (tertiary/aromatic N) is 7. The summed E-state index contributed by atoms with van der Waals surface area (Å²) in [5, 5.41) is 20.5. The van der Waals surface area contributed by atoms with Gasteiger partial charge in [0.05, 0.1) is 44.1 Å². The van der Waals surface area contributed by atoms with Gasteiger partial charge in [0.25, 0.3) is 0 Å². The first-order valence-electron chi connectivity index (χ1n) is 22.2. The molecule has 14 rings (SSSR count). The largest absolute Gasteiger partial charge is 0.309 e. The van der Waals surface area contributed by atoms with Gasteiger partial charge in [-0.1, -0.05) is 140 Å². The Morgan fingerprint density at radius 2 is 0.606 bits per heavy atom. The van der Waals surface area contributed by atoms with Crippen LogP contribution in [0.25, 0.3) is 122 Å². The van der Waals surface area contributed by atoms with Crippen molar-refractivity contribution in [1.29, 1.82) is 5.26 Å². The second-order valence-corrected chi connectivity index (χ2v) is 16.9. The van der Waals surface area contributed by atoms with Gasteiger partial charge in [0.15, 0.2) is 17.5 Å². The van der Waals surface area contributed by atoms with Crippen molar-refractivity contribution in [1.82, 2.24) is 28.2 Å². The van der Waals surface area contributed by atoms with Crippen molar-refractivity contribution < 1.29 is 0 Å². The highest BCUT2D eigenvalue weighted by Gasteiger charge is 2.27. The molecule has 9 aromatic carbocycles. The van der Waals surface area contributed by atoms with Crippen LogP contribution in [0.4, 0.5) is 0 Å². The molecule has 0 amide bonds. The van der Waals surface area contributed by atoms with Crippen molar-refractivity contribution in [2.75, 3.05) is 0 Å². The van der Waals surface area contributed by atoms with Crippen molar-refractivity contribution in [3.63, 3.8) is 0 Å². The van der Waals surface area contributed by atoms with Gasteiger partial charge in [0, 0.05) is 60.0 Å². The lowest BCUT2D eigenvalue weighted by Crippen LogP contribution is -2.10. The van der Waals surface area contributed by atoms with Crippen molar-refractivity contribution >= 4 is 87.2 Å². The minimum Gasteiger partial charge on any atom is -0.309 e. The predicted molar refractivity (Wildman–Crippen MR) is 270 cm³/mol. The van der Waals surface area contributed by atoms with E-state index >= 15 is 0 Å². The zero-order valence-corrected chi connectivity index (χ0v) is 35.3. The number of nitriles is 1. The Hall–Kier alpha value is -9.25. The number of fused-ring (bicyclic) bond motifs is 12. The number of para-hydroxylation sites is 6. The normalized spacial score (nSPS) is 11.9. The summed E-state index contributed by atoms with van der Waals surface area (Å²) < 4.78 is 9.08. The molecule has 0 aliphatic rings. The molecule has 5 aromatic heterocycles. The van der Waals surface area contributed by atoms with Crippen LogP contribution in [0, 0.1) is 11.3 Å². The van der Waals surface area contributed by atoms with E-state index in [-0.39, 0.29) is 0 Å². The average Bonchev–Trinajstić information content (AvgIpc) is 4.10. The fraction of sp³-hybridized carbons (Fsp3) is 0. The molecule has 0 aliphatic heterocycles. The van der Waals surface area contributed by atoms with E-state index in [2.05, 4.69) is 206 Å². The topological polar surface area (TPSA) is 69.3 Å². The summed E-state index contributed by atoms with van der Waals surface area (Å²) in [6.07, 6.45) is 0. The number of hydrogen-bond donors (Lipinski definition) is 0. The van der Waals surface area contributed by atoms with Gasteiger partial charge in [-0.25, -0.2) is 9.97 Å². The molecule has 7 heteroatoms. The van der Waals surface area contributed by atoms with Crippen LogP contribution in [-0.2, 0) is 0 Å². The van der Waals surface area contributed by atoms with Crippen molar-refractivity contribution in [3.8, 4) is 40.5 Å². The summed E-state index contributed by atoms with van der Waals surface area (Å²) in [5.74, 6) is 1.57. The smallest absolute Gasteiger partial charge is 0.164 e. The summed E-state index contributed by atoms with van der Waals surface area (Å²) in [5.41, 5.74) is 11.7. The monoisotopic (exact) mass is 841 g/mol.